The van der Waals surface area contributed by atoms with E-state index in [1.807, 2.05) is 13.8 Å². The molecule has 0 radical (unpaired) electrons. The van der Waals surface area contributed by atoms with Crippen molar-refractivity contribution in [3.05, 3.63) is 56.9 Å². The van der Waals surface area contributed by atoms with E-state index in [9.17, 15) is 14.4 Å². The Morgan fingerprint density at radius 2 is 1.89 bits per heavy atom. The normalized spacial score (nSPS) is 15.5. The molecule has 3 rings (SSSR count). The summed E-state index contributed by atoms with van der Waals surface area (Å²) in [7, 11) is 1.28. The second-order valence-electron chi connectivity index (χ2n) is 7.03. The fourth-order valence-corrected chi connectivity index (χ4v) is 4.71. The quantitative estimate of drug-likeness (QED) is 0.344. The molecular weight excluding hydrogens is 540 g/mol. The highest BCUT2D eigenvalue weighted by molar-refractivity contribution is 9.10. The predicted molar refractivity (Wildman–Crippen MR) is 136 cm³/mol. The monoisotopic (exact) mass is 562 g/mol. The Morgan fingerprint density at radius 1 is 1.17 bits per heavy atom. The minimum atomic E-state index is -1.02. The molecule has 2 aromatic rings. The van der Waals surface area contributed by atoms with E-state index in [1.54, 1.807) is 35.2 Å². The number of amidine groups is 1. The second kappa shape index (κ2) is 11.9. The first kappa shape index (κ1) is 26.3. The van der Waals surface area contributed by atoms with Crippen LogP contribution in [0.25, 0.3) is 6.08 Å². The molecule has 1 aliphatic rings. The van der Waals surface area contributed by atoms with Gasteiger partial charge in [0, 0.05) is 6.54 Å². The van der Waals surface area contributed by atoms with Crippen molar-refractivity contribution in [3.8, 4) is 11.5 Å². The number of hydrogen-bond donors (Lipinski definition) is 1. The van der Waals surface area contributed by atoms with Crippen molar-refractivity contribution in [2.45, 2.75) is 13.8 Å². The smallest absolute Gasteiger partial charge is 0.343 e. The third-order valence-corrected chi connectivity index (χ3v) is 6.33. The Morgan fingerprint density at radius 3 is 2.49 bits per heavy atom. The third-order valence-electron chi connectivity index (χ3n) is 4.73. The van der Waals surface area contributed by atoms with Gasteiger partial charge in [-0.2, -0.15) is 0 Å². The largest absolute Gasteiger partial charge is 0.490 e. The zero-order chi connectivity index (χ0) is 25.5. The fraction of sp³-hybridized carbons (Fsp3) is 0.250. The van der Waals surface area contributed by atoms with Crippen LogP contribution in [0.4, 0.5) is 5.69 Å². The van der Waals surface area contributed by atoms with Crippen LogP contribution < -0.4 is 9.47 Å². The number of likely N-dealkylation sites (N-methyl/N-ethyl adjacent to an activating group) is 1. The summed E-state index contributed by atoms with van der Waals surface area (Å²) in [5.74, 6) is -0.977. The Kier molecular flexibility index (Phi) is 8.94. The van der Waals surface area contributed by atoms with E-state index in [-0.39, 0.29) is 18.1 Å². The van der Waals surface area contributed by atoms with Gasteiger partial charge in [-0.3, -0.25) is 9.69 Å². The van der Waals surface area contributed by atoms with Crippen molar-refractivity contribution < 1.29 is 33.7 Å². The number of ether oxygens (including phenoxy) is 3. The van der Waals surface area contributed by atoms with E-state index in [0.717, 1.165) is 0 Å². The molecule has 1 fully saturated rings. The highest BCUT2D eigenvalue weighted by Gasteiger charge is 2.32. The number of aliphatic imine (C=N–C) groups is 1. The lowest BCUT2D eigenvalue weighted by Crippen LogP contribution is -2.28. The standard InChI is InChI=1S/C24H23BrN2O7S/c1-4-27-22(29)19(35-24(27)26-16-8-6-15(7-9-16)23(30)31)12-14-10-17(25)21(18(11-14)33-5-2)34-13-20(28)32-3/h6-12H,4-5,13H2,1-3H3,(H,30,31)/b19-12+,26-24?. The zero-order valence-corrected chi connectivity index (χ0v) is 21.6. The van der Waals surface area contributed by atoms with Gasteiger partial charge in [0.1, 0.15) is 0 Å². The zero-order valence-electron chi connectivity index (χ0n) is 19.2. The van der Waals surface area contributed by atoms with E-state index in [0.29, 0.717) is 50.4 Å². The molecule has 0 aromatic heterocycles. The number of carboxylic acid groups (broad SMARTS) is 1. The van der Waals surface area contributed by atoms with Gasteiger partial charge in [0.15, 0.2) is 23.3 Å². The number of esters is 1. The molecule has 1 heterocycles. The molecule has 184 valence electrons. The van der Waals surface area contributed by atoms with Gasteiger partial charge in [0.25, 0.3) is 5.91 Å². The number of carboxylic acids is 1. The van der Waals surface area contributed by atoms with Crippen molar-refractivity contribution in [2.24, 2.45) is 4.99 Å². The number of carbonyl (C=O) groups is 3. The van der Waals surface area contributed by atoms with Gasteiger partial charge < -0.3 is 19.3 Å². The maximum absolute atomic E-state index is 13.0. The summed E-state index contributed by atoms with van der Waals surface area (Å²) in [6, 6.07) is 9.59. The SMILES string of the molecule is CCOc1cc(/C=C2/SC(=Nc3ccc(C(=O)O)cc3)N(CC)C2=O)cc(Br)c1OCC(=O)OC. The Bertz CT molecular complexity index is 1200. The van der Waals surface area contributed by atoms with Gasteiger partial charge in [-0.15, -0.1) is 0 Å². The number of rotatable bonds is 9. The molecule has 1 aliphatic heterocycles. The summed E-state index contributed by atoms with van der Waals surface area (Å²) in [4.78, 5) is 42.1. The van der Waals surface area contributed by atoms with Crippen molar-refractivity contribution in [1.29, 1.82) is 0 Å². The maximum atomic E-state index is 13.0. The van der Waals surface area contributed by atoms with Gasteiger partial charge in [-0.05, 0) is 89.6 Å². The second-order valence-corrected chi connectivity index (χ2v) is 8.90. The summed E-state index contributed by atoms with van der Waals surface area (Å²) < 4.78 is 16.4. The number of aromatic carboxylic acids is 1. The van der Waals surface area contributed by atoms with Crippen LogP contribution in [0, 0.1) is 0 Å². The first-order valence-electron chi connectivity index (χ1n) is 10.6. The molecule has 1 saturated heterocycles. The van der Waals surface area contributed by atoms with Crippen LogP contribution in [0.2, 0.25) is 0 Å². The Balaban J connectivity index is 1.91. The highest BCUT2D eigenvalue weighted by atomic mass is 79.9. The van der Waals surface area contributed by atoms with E-state index in [4.69, 9.17) is 14.6 Å². The molecule has 0 aliphatic carbocycles. The van der Waals surface area contributed by atoms with E-state index >= 15 is 0 Å². The lowest BCUT2D eigenvalue weighted by atomic mass is 10.2. The number of hydrogen-bond acceptors (Lipinski definition) is 8. The molecule has 0 bridgehead atoms. The van der Waals surface area contributed by atoms with Crippen LogP contribution in [0.1, 0.15) is 29.8 Å². The van der Waals surface area contributed by atoms with Crippen molar-refractivity contribution >= 4 is 62.5 Å². The van der Waals surface area contributed by atoms with Crippen LogP contribution in [-0.2, 0) is 14.3 Å². The predicted octanol–water partition coefficient (Wildman–Crippen LogP) is 4.72. The Labute approximate surface area is 214 Å². The molecule has 35 heavy (non-hydrogen) atoms. The third kappa shape index (κ3) is 6.43. The molecule has 1 amide bonds. The lowest BCUT2D eigenvalue weighted by Gasteiger charge is -2.14. The van der Waals surface area contributed by atoms with Crippen molar-refractivity contribution in [1.82, 2.24) is 4.90 Å². The van der Waals surface area contributed by atoms with Gasteiger partial charge in [-0.25, -0.2) is 14.6 Å². The van der Waals surface area contributed by atoms with Crippen molar-refractivity contribution in [3.63, 3.8) is 0 Å². The number of benzene rings is 2. The van der Waals surface area contributed by atoms with Gasteiger partial charge in [-0.1, -0.05) is 0 Å². The number of halogens is 1. The topological polar surface area (TPSA) is 115 Å². The van der Waals surface area contributed by atoms with E-state index in [2.05, 4.69) is 25.7 Å². The summed E-state index contributed by atoms with van der Waals surface area (Å²) in [5, 5.41) is 9.56. The summed E-state index contributed by atoms with van der Waals surface area (Å²) in [6.07, 6.45) is 1.73. The lowest BCUT2D eigenvalue weighted by molar-refractivity contribution is -0.143. The van der Waals surface area contributed by atoms with Crippen LogP contribution in [-0.4, -0.2) is 59.9 Å². The summed E-state index contributed by atoms with van der Waals surface area (Å²) >= 11 is 4.67. The number of amides is 1. The first-order valence-corrected chi connectivity index (χ1v) is 12.2. The minimum absolute atomic E-state index is 0.159. The minimum Gasteiger partial charge on any atom is -0.490 e. The average molecular weight is 563 g/mol. The molecule has 0 saturated carbocycles. The average Bonchev–Trinajstić information content (AvgIpc) is 3.12. The van der Waals surface area contributed by atoms with Crippen molar-refractivity contribution in [2.75, 3.05) is 26.9 Å². The van der Waals surface area contributed by atoms with Gasteiger partial charge in [0.2, 0.25) is 0 Å². The molecular formula is C24H23BrN2O7S. The first-order chi connectivity index (χ1) is 16.8. The van der Waals surface area contributed by atoms with Crippen LogP contribution in [0.3, 0.4) is 0 Å². The Hall–Kier alpha value is -3.31. The van der Waals surface area contributed by atoms with Gasteiger partial charge >= 0.3 is 11.9 Å². The summed E-state index contributed by atoms with van der Waals surface area (Å²) in [6.45, 7) is 4.19. The number of methoxy groups -OCH3 is 1. The maximum Gasteiger partial charge on any atom is 0.343 e. The number of carbonyl (C=O) groups excluding carboxylic acids is 2. The molecule has 0 spiro atoms. The highest BCUT2D eigenvalue weighted by Crippen LogP contribution is 2.39. The van der Waals surface area contributed by atoms with Crippen LogP contribution in [0.5, 0.6) is 11.5 Å². The molecule has 9 nitrogen and oxygen atoms in total. The molecule has 2 aromatic carbocycles. The molecule has 0 atom stereocenters. The molecule has 1 N–H and O–H groups in total. The molecule has 11 heteroatoms. The number of thioether (sulfide) groups is 1. The van der Waals surface area contributed by atoms with Crippen LogP contribution in [0.15, 0.2) is 50.8 Å². The van der Waals surface area contributed by atoms with Gasteiger partial charge in [0.05, 0.1) is 34.3 Å². The van der Waals surface area contributed by atoms with E-state index < -0.39 is 11.9 Å². The summed E-state index contributed by atoms with van der Waals surface area (Å²) in [5.41, 5.74) is 1.38. The number of nitrogens with zero attached hydrogens (tertiary/aromatic N) is 2. The van der Waals surface area contributed by atoms with E-state index in [1.165, 1.54) is 31.0 Å². The van der Waals surface area contributed by atoms with Crippen LogP contribution >= 0.6 is 27.7 Å². The molecule has 0 unspecified atom stereocenters. The fourth-order valence-electron chi connectivity index (χ4n) is 3.07.